The standard InChI is InChI=1S/C10H13N5O/c16-7-3-6-15-10(12-13-14-15)8-9-4-1-2-5-11-9/h1-2,4-5,16H,3,6-8H2. The molecule has 2 aromatic heterocycles. The van der Waals surface area contributed by atoms with Crippen molar-refractivity contribution in [2.75, 3.05) is 6.61 Å². The molecule has 0 aromatic carbocycles. The maximum absolute atomic E-state index is 8.75. The van der Waals surface area contributed by atoms with Crippen molar-refractivity contribution >= 4 is 0 Å². The van der Waals surface area contributed by atoms with Gasteiger partial charge < -0.3 is 5.11 Å². The van der Waals surface area contributed by atoms with Crippen LogP contribution in [-0.2, 0) is 13.0 Å². The van der Waals surface area contributed by atoms with Gasteiger partial charge in [-0.2, -0.15) is 0 Å². The summed E-state index contributed by atoms with van der Waals surface area (Å²) in [5.74, 6) is 0.771. The highest BCUT2D eigenvalue weighted by molar-refractivity contribution is 5.08. The minimum Gasteiger partial charge on any atom is -0.396 e. The van der Waals surface area contributed by atoms with Crippen LogP contribution in [0.1, 0.15) is 17.9 Å². The van der Waals surface area contributed by atoms with Crippen LogP contribution in [0, 0.1) is 0 Å². The Morgan fingerprint density at radius 1 is 1.31 bits per heavy atom. The Labute approximate surface area is 92.9 Å². The van der Waals surface area contributed by atoms with Crippen LogP contribution in [0.2, 0.25) is 0 Å². The molecule has 6 nitrogen and oxygen atoms in total. The highest BCUT2D eigenvalue weighted by Crippen LogP contribution is 2.03. The number of nitrogens with zero attached hydrogens (tertiary/aromatic N) is 5. The molecule has 1 N–H and O–H groups in total. The zero-order valence-electron chi connectivity index (χ0n) is 8.82. The van der Waals surface area contributed by atoms with E-state index in [4.69, 9.17) is 5.11 Å². The second kappa shape index (κ2) is 5.32. The second-order valence-corrected chi connectivity index (χ2v) is 3.39. The van der Waals surface area contributed by atoms with Crippen molar-refractivity contribution in [2.24, 2.45) is 0 Å². The van der Waals surface area contributed by atoms with Gasteiger partial charge in [0.25, 0.3) is 0 Å². The first kappa shape index (κ1) is 10.7. The third kappa shape index (κ3) is 2.60. The number of aliphatic hydroxyl groups is 1. The molecule has 0 aliphatic rings. The van der Waals surface area contributed by atoms with Gasteiger partial charge in [0.1, 0.15) is 0 Å². The Morgan fingerprint density at radius 2 is 2.25 bits per heavy atom. The van der Waals surface area contributed by atoms with Crippen LogP contribution < -0.4 is 0 Å². The maximum Gasteiger partial charge on any atom is 0.157 e. The molecule has 16 heavy (non-hydrogen) atoms. The topological polar surface area (TPSA) is 76.7 Å². The van der Waals surface area contributed by atoms with Gasteiger partial charge in [0.15, 0.2) is 5.82 Å². The molecule has 2 rings (SSSR count). The highest BCUT2D eigenvalue weighted by Gasteiger charge is 2.06. The van der Waals surface area contributed by atoms with Crippen molar-refractivity contribution in [3.05, 3.63) is 35.9 Å². The van der Waals surface area contributed by atoms with E-state index in [1.165, 1.54) is 0 Å². The van der Waals surface area contributed by atoms with E-state index in [-0.39, 0.29) is 6.61 Å². The van der Waals surface area contributed by atoms with Crippen molar-refractivity contribution in [1.29, 1.82) is 0 Å². The summed E-state index contributed by atoms with van der Waals surface area (Å²) in [4.78, 5) is 4.22. The molecule has 0 bridgehead atoms. The molecular weight excluding hydrogens is 206 g/mol. The zero-order valence-corrected chi connectivity index (χ0v) is 8.82. The maximum atomic E-state index is 8.75. The molecule has 0 saturated heterocycles. The van der Waals surface area contributed by atoms with Gasteiger partial charge in [-0.25, -0.2) is 4.68 Å². The van der Waals surface area contributed by atoms with Crippen LogP contribution in [-0.4, -0.2) is 36.9 Å². The van der Waals surface area contributed by atoms with E-state index in [1.54, 1.807) is 10.9 Å². The Morgan fingerprint density at radius 3 is 3.00 bits per heavy atom. The van der Waals surface area contributed by atoms with Crippen molar-refractivity contribution in [3.63, 3.8) is 0 Å². The smallest absolute Gasteiger partial charge is 0.157 e. The Hall–Kier alpha value is -1.82. The molecule has 0 atom stereocenters. The molecular formula is C10H13N5O. The fourth-order valence-electron chi connectivity index (χ4n) is 1.41. The summed E-state index contributed by atoms with van der Waals surface area (Å²) >= 11 is 0. The summed E-state index contributed by atoms with van der Waals surface area (Å²) in [7, 11) is 0. The number of hydrogen-bond donors (Lipinski definition) is 1. The summed E-state index contributed by atoms with van der Waals surface area (Å²) < 4.78 is 1.70. The first-order chi connectivity index (χ1) is 7.90. The molecule has 0 fully saturated rings. The van der Waals surface area contributed by atoms with Gasteiger partial charge in [-0.15, -0.1) is 5.10 Å². The first-order valence-electron chi connectivity index (χ1n) is 5.16. The largest absolute Gasteiger partial charge is 0.396 e. The summed E-state index contributed by atoms with van der Waals surface area (Å²) in [5.41, 5.74) is 0.933. The summed E-state index contributed by atoms with van der Waals surface area (Å²) in [6.07, 6.45) is 3.01. The SMILES string of the molecule is OCCCn1nnnc1Cc1ccccn1. The van der Waals surface area contributed by atoms with Crippen molar-refractivity contribution < 1.29 is 5.11 Å². The van der Waals surface area contributed by atoms with Crippen LogP contribution >= 0.6 is 0 Å². The molecule has 0 aliphatic carbocycles. The minimum atomic E-state index is 0.142. The lowest BCUT2D eigenvalue weighted by molar-refractivity contribution is 0.275. The molecule has 0 unspecified atom stereocenters. The minimum absolute atomic E-state index is 0.142. The summed E-state index contributed by atoms with van der Waals surface area (Å²) in [5, 5.41) is 20.2. The van der Waals surface area contributed by atoms with Gasteiger partial charge in [0, 0.05) is 25.0 Å². The number of aryl methyl sites for hydroxylation is 1. The van der Waals surface area contributed by atoms with Gasteiger partial charge in [0.2, 0.25) is 0 Å². The second-order valence-electron chi connectivity index (χ2n) is 3.39. The predicted molar refractivity (Wildman–Crippen MR) is 56.6 cm³/mol. The average molecular weight is 219 g/mol. The Balaban J connectivity index is 2.07. The third-order valence-corrected chi connectivity index (χ3v) is 2.20. The molecule has 2 aromatic rings. The number of tetrazole rings is 1. The monoisotopic (exact) mass is 219 g/mol. The van der Waals surface area contributed by atoms with Crippen molar-refractivity contribution in [1.82, 2.24) is 25.2 Å². The number of pyridine rings is 1. The number of aliphatic hydroxyl groups excluding tert-OH is 1. The van der Waals surface area contributed by atoms with Crippen LogP contribution in [0.3, 0.4) is 0 Å². The van der Waals surface area contributed by atoms with Gasteiger partial charge in [0.05, 0.1) is 6.42 Å². The van der Waals surface area contributed by atoms with Crippen molar-refractivity contribution in [2.45, 2.75) is 19.4 Å². The molecule has 6 heteroatoms. The zero-order chi connectivity index (χ0) is 11.2. The lowest BCUT2D eigenvalue weighted by Crippen LogP contribution is -2.08. The van der Waals surface area contributed by atoms with Gasteiger partial charge in [-0.05, 0) is 29.0 Å². The molecule has 0 saturated carbocycles. The normalized spacial score (nSPS) is 10.6. The molecule has 2 heterocycles. The van der Waals surface area contributed by atoms with E-state index in [0.29, 0.717) is 19.4 Å². The quantitative estimate of drug-likeness (QED) is 0.768. The molecule has 0 spiro atoms. The van der Waals surface area contributed by atoms with Crippen LogP contribution in [0.5, 0.6) is 0 Å². The lowest BCUT2D eigenvalue weighted by Gasteiger charge is -2.02. The van der Waals surface area contributed by atoms with Crippen molar-refractivity contribution in [3.8, 4) is 0 Å². The predicted octanol–water partition coefficient (Wildman–Crippen LogP) is 0.0413. The lowest BCUT2D eigenvalue weighted by atomic mass is 10.2. The van der Waals surface area contributed by atoms with E-state index in [0.717, 1.165) is 11.5 Å². The fourth-order valence-corrected chi connectivity index (χ4v) is 1.41. The van der Waals surface area contributed by atoms with E-state index >= 15 is 0 Å². The van der Waals surface area contributed by atoms with Crippen LogP contribution in [0.4, 0.5) is 0 Å². The summed E-state index contributed by atoms with van der Waals surface area (Å²) in [6, 6.07) is 5.74. The highest BCUT2D eigenvalue weighted by atomic mass is 16.3. The molecule has 0 aliphatic heterocycles. The average Bonchev–Trinajstić information content (AvgIpc) is 2.75. The molecule has 0 amide bonds. The Bertz CT molecular complexity index is 428. The van der Waals surface area contributed by atoms with Gasteiger partial charge >= 0.3 is 0 Å². The molecule has 0 radical (unpaired) electrons. The fraction of sp³-hybridized carbons (Fsp3) is 0.400. The van der Waals surface area contributed by atoms with E-state index in [2.05, 4.69) is 20.5 Å². The van der Waals surface area contributed by atoms with Crippen LogP contribution in [0.15, 0.2) is 24.4 Å². The van der Waals surface area contributed by atoms with E-state index in [9.17, 15) is 0 Å². The van der Waals surface area contributed by atoms with Gasteiger partial charge in [-0.1, -0.05) is 6.07 Å². The van der Waals surface area contributed by atoms with Gasteiger partial charge in [-0.3, -0.25) is 4.98 Å². The van der Waals surface area contributed by atoms with Crippen LogP contribution in [0.25, 0.3) is 0 Å². The number of aromatic nitrogens is 5. The Kier molecular flexibility index (Phi) is 3.55. The third-order valence-electron chi connectivity index (χ3n) is 2.20. The summed E-state index contributed by atoms with van der Waals surface area (Å²) in [6.45, 7) is 0.772. The van der Waals surface area contributed by atoms with E-state index in [1.807, 2.05) is 18.2 Å². The number of rotatable bonds is 5. The van der Waals surface area contributed by atoms with E-state index < -0.39 is 0 Å². The first-order valence-corrected chi connectivity index (χ1v) is 5.16. The number of hydrogen-bond acceptors (Lipinski definition) is 5. The molecule has 84 valence electrons.